The van der Waals surface area contributed by atoms with Crippen molar-refractivity contribution in [3.05, 3.63) is 12.7 Å². The van der Waals surface area contributed by atoms with E-state index < -0.39 is 14.4 Å². The molecule has 3 nitrogen and oxygen atoms in total. The molecule has 4 heteroatoms. The number of hydrogen-bond donors (Lipinski definition) is 2. The molecule has 0 saturated carbocycles. The van der Waals surface area contributed by atoms with Gasteiger partial charge in [0.1, 0.15) is 0 Å². The summed E-state index contributed by atoms with van der Waals surface area (Å²) in [6, 6.07) is 0. The zero-order chi connectivity index (χ0) is 13.7. The topological polar surface area (TPSA) is 49.7 Å². The number of hydrogen-bond acceptors (Lipinski definition) is 3. The first-order valence-corrected chi connectivity index (χ1v) is 9.12. The number of aliphatic hydroxyl groups is 2. The van der Waals surface area contributed by atoms with Gasteiger partial charge in [-0.15, -0.1) is 6.58 Å². The van der Waals surface area contributed by atoms with E-state index in [0.717, 1.165) is 0 Å². The van der Waals surface area contributed by atoms with Crippen molar-refractivity contribution in [2.24, 2.45) is 0 Å². The van der Waals surface area contributed by atoms with Crippen LogP contribution in [0.4, 0.5) is 0 Å². The average molecular weight is 260 g/mol. The largest absolute Gasteiger partial charge is 0.414 e. The van der Waals surface area contributed by atoms with Crippen molar-refractivity contribution in [2.45, 2.75) is 64.0 Å². The lowest BCUT2D eigenvalue weighted by molar-refractivity contribution is 0.0466. The van der Waals surface area contributed by atoms with E-state index in [4.69, 9.17) is 9.53 Å². The lowest BCUT2D eigenvalue weighted by Gasteiger charge is -2.39. The molecule has 0 spiro atoms. The number of rotatable bonds is 7. The van der Waals surface area contributed by atoms with Gasteiger partial charge in [0.05, 0.1) is 18.8 Å². The Morgan fingerprint density at radius 1 is 1.35 bits per heavy atom. The molecule has 2 N–H and O–H groups in total. The summed E-state index contributed by atoms with van der Waals surface area (Å²) < 4.78 is 6.21. The van der Waals surface area contributed by atoms with Gasteiger partial charge in [0.15, 0.2) is 8.32 Å². The van der Waals surface area contributed by atoms with Crippen LogP contribution in [-0.4, -0.2) is 37.3 Å². The second kappa shape index (κ2) is 6.68. The van der Waals surface area contributed by atoms with Crippen molar-refractivity contribution < 1.29 is 14.6 Å². The monoisotopic (exact) mass is 260 g/mol. The number of aliphatic hydroxyl groups excluding tert-OH is 2. The van der Waals surface area contributed by atoms with Gasteiger partial charge in [0.25, 0.3) is 0 Å². The van der Waals surface area contributed by atoms with Gasteiger partial charge in [0.2, 0.25) is 0 Å². The first-order chi connectivity index (χ1) is 7.64. The summed E-state index contributed by atoms with van der Waals surface area (Å²) in [7, 11) is -1.83. The van der Waals surface area contributed by atoms with E-state index in [9.17, 15) is 5.11 Å². The van der Waals surface area contributed by atoms with Crippen LogP contribution in [0.25, 0.3) is 0 Å². The smallest absolute Gasteiger partial charge is 0.192 e. The van der Waals surface area contributed by atoms with Gasteiger partial charge < -0.3 is 14.6 Å². The molecule has 0 aromatic heterocycles. The Balaban J connectivity index is 4.58. The van der Waals surface area contributed by atoms with Crippen molar-refractivity contribution in [1.82, 2.24) is 0 Å². The lowest BCUT2D eigenvalue weighted by Crippen LogP contribution is -2.44. The third-order valence-corrected chi connectivity index (χ3v) is 7.98. The highest BCUT2D eigenvalue weighted by molar-refractivity contribution is 6.74. The maximum Gasteiger partial charge on any atom is 0.192 e. The predicted octanol–water partition coefficient (Wildman–Crippen LogP) is 2.70. The standard InChI is InChI=1S/C13H28O3Si/c1-7-8-12(9-11(15)10-14)16-17(5,6)13(2,3)4/h7,11-12,14-15H,1,8-10H2,2-6H3/t11-,12-/m0/s1. The SMILES string of the molecule is C=CC[C@@H](C[C@H](O)CO)O[Si](C)(C)C(C)(C)C. The normalized spacial score (nSPS) is 16.6. The summed E-state index contributed by atoms with van der Waals surface area (Å²) in [5.74, 6) is 0. The van der Waals surface area contributed by atoms with E-state index in [-0.39, 0.29) is 17.7 Å². The van der Waals surface area contributed by atoms with E-state index in [1.807, 2.05) is 6.08 Å². The molecule has 0 amide bonds. The maximum absolute atomic E-state index is 9.51. The highest BCUT2D eigenvalue weighted by atomic mass is 28.4. The molecule has 0 bridgehead atoms. The van der Waals surface area contributed by atoms with Gasteiger partial charge >= 0.3 is 0 Å². The van der Waals surface area contributed by atoms with E-state index >= 15 is 0 Å². The van der Waals surface area contributed by atoms with Gasteiger partial charge in [0, 0.05) is 6.42 Å². The van der Waals surface area contributed by atoms with Crippen LogP contribution in [0.5, 0.6) is 0 Å². The molecule has 0 saturated heterocycles. The molecule has 0 unspecified atom stereocenters. The van der Waals surface area contributed by atoms with E-state index in [2.05, 4.69) is 40.4 Å². The van der Waals surface area contributed by atoms with E-state index in [1.54, 1.807) is 0 Å². The first kappa shape index (κ1) is 16.8. The Hall–Kier alpha value is -0.163. The van der Waals surface area contributed by atoms with Crippen LogP contribution in [0.3, 0.4) is 0 Å². The van der Waals surface area contributed by atoms with Crippen molar-refractivity contribution >= 4 is 8.32 Å². The molecule has 0 aliphatic heterocycles. The van der Waals surface area contributed by atoms with E-state index in [1.165, 1.54) is 0 Å². The third kappa shape index (κ3) is 5.81. The molecule has 102 valence electrons. The highest BCUT2D eigenvalue weighted by Gasteiger charge is 2.39. The predicted molar refractivity (Wildman–Crippen MR) is 74.6 cm³/mol. The van der Waals surface area contributed by atoms with Crippen LogP contribution in [-0.2, 0) is 4.43 Å². The second-order valence-corrected chi connectivity index (χ2v) is 10.9. The minimum atomic E-state index is -1.83. The van der Waals surface area contributed by atoms with Gasteiger partial charge in [-0.05, 0) is 24.6 Å². The van der Waals surface area contributed by atoms with Crippen LogP contribution in [0.2, 0.25) is 18.1 Å². The molecule has 2 atom stereocenters. The van der Waals surface area contributed by atoms with Crippen LogP contribution in [0.15, 0.2) is 12.7 Å². The van der Waals surface area contributed by atoms with Crippen molar-refractivity contribution in [1.29, 1.82) is 0 Å². The zero-order valence-corrected chi connectivity index (χ0v) is 12.9. The highest BCUT2D eigenvalue weighted by Crippen LogP contribution is 2.38. The van der Waals surface area contributed by atoms with Crippen molar-refractivity contribution in [2.75, 3.05) is 6.61 Å². The minimum Gasteiger partial charge on any atom is -0.414 e. The van der Waals surface area contributed by atoms with Crippen molar-refractivity contribution in [3.8, 4) is 0 Å². The fourth-order valence-corrected chi connectivity index (χ4v) is 2.73. The lowest BCUT2D eigenvalue weighted by atomic mass is 10.1. The Morgan fingerprint density at radius 3 is 2.24 bits per heavy atom. The summed E-state index contributed by atoms with van der Waals surface area (Å²) in [4.78, 5) is 0. The van der Waals surface area contributed by atoms with Gasteiger partial charge in [-0.3, -0.25) is 0 Å². The quantitative estimate of drug-likeness (QED) is 0.546. The summed E-state index contributed by atoms with van der Waals surface area (Å²) in [5.41, 5.74) is 0. The van der Waals surface area contributed by atoms with Crippen LogP contribution >= 0.6 is 0 Å². The third-order valence-electron chi connectivity index (χ3n) is 3.44. The fraction of sp³-hybridized carbons (Fsp3) is 0.846. The molecule has 0 aliphatic carbocycles. The molecule has 0 rings (SSSR count). The Labute approximate surface area is 107 Å². The molecule has 0 aromatic rings. The molecule has 0 fully saturated rings. The Morgan fingerprint density at radius 2 is 1.88 bits per heavy atom. The molecule has 17 heavy (non-hydrogen) atoms. The zero-order valence-electron chi connectivity index (χ0n) is 11.9. The van der Waals surface area contributed by atoms with Gasteiger partial charge in [-0.25, -0.2) is 0 Å². The van der Waals surface area contributed by atoms with Crippen molar-refractivity contribution in [3.63, 3.8) is 0 Å². The molecular formula is C13H28O3Si. The first-order valence-electron chi connectivity index (χ1n) is 6.21. The second-order valence-electron chi connectivity index (χ2n) is 6.10. The van der Waals surface area contributed by atoms with Crippen LogP contribution in [0, 0.1) is 0 Å². The van der Waals surface area contributed by atoms with Gasteiger partial charge in [-0.2, -0.15) is 0 Å². The molecular weight excluding hydrogens is 232 g/mol. The van der Waals surface area contributed by atoms with Crippen LogP contribution < -0.4 is 0 Å². The molecule has 0 aliphatic rings. The summed E-state index contributed by atoms with van der Waals surface area (Å²) in [6.07, 6.45) is 2.24. The molecule has 0 heterocycles. The molecule has 0 aromatic carbocycles. The Bertz CT molecular complexity index is 233. The van der Waals surface area contributed by atoms with Crippen LogP contribution in [0.1, 0.15) is 33.6 Å². The van der Waals surface area contributed by atoms with Gasteiger partial charge in [-0.1, -0.05) is 26.8 Å². The summed E-state index contributed by atoms with van der Waals surface area (Å²) in [5, 5.41) is 18.5. The molecule has 0 radical (unpaired) electrons. The Kier molecular flexibility index (Phi) is 6.62. The summed E-state index contributed by atoms with van der Waals surface area (Å²) in [6.45, 7) is 14.4. The average Bonchev–Trinajstić information content (AvgIpc) is 2.15. The summed E-state index contributed by atoms with van der Waals surface area (Å²) >= 11 is 0. The maximum atomic E-state index is 9.51. The fourth-order valence-electron chi connectivity index (χ4n) is 1.35. The van der Waals surface area contributed by atoms with E-state index in [0.29, 0.717) is 12.8 Å². The minimum absolute atomic E-state index is 0.0458.